The van der Waals surface area contributed by atoms with Crippen molar-refractivity contribution in [1.29, 1.82) is 0 Å². The minimum atomic E-state index is -0.847. The van der Waals surface area contributed by atoms with Gasteiger partial charge in [-0.3, -0.25) is 9.59 Å². The highest BCUT2D eigenvalue weighted by molar-refractivity contribution is 5.93. The standard InChI is InChI=1S/C14H20N2O4/c1-10-8-16-20-11(10)12(17)15-9-14(13(18)19)6-4-2-3-5-7-14/h8H,2-7,9H2,1H3,(H,15,17)(H,18,19). The number of hydrogen-bond donors (Lipinski definition) is 2. The molecule has 1 amide bonds. The van der Waals surface area contributed by atoms with Crippen molar-refractivity contribution in [1.82, 2.24) is 10.5 Å². The van der Waals surface area contributed by atoms with E-state index in [2.05, 4.69) is 10.5 Å². The molecule has 0 aliphatic heterocycles. The van der Waals surface area contributed by atoms with Gasteiger partial charge in [-0.1, -0.05) is 30.8 Å². The Morgan fingerprint density at radius 2 is 2.00 bits per heavy atom. The van der Waals surface area contributed by atoms with Crippen LogP contribution in [0.25, 0.3) is 0 Å². The summed E-state index contributed by atoms with van der Waals surface area (Å²) < 4.78 is 4.87. The van der Waals surface area contributed by atoms with Crippen LogP contribution in [0.1, 0.15) is 54.6 Å². The van der Waals surface area contributed by atoms with E-state index in [1.807, 2.05) is 0 Å². The number of nitrogens with one attached hydrogen (secondary N) is 1. The zero-order chi connectivity index (χ0) is 14.6. The summed E-state index contributed by atoms with van der Waals surface area (Å²) in [4.78, 5) is 23.6. The number of aromatic nitrogens is 1. The van der Waals surface area contributed by atoms with E-state index >= 15 is 0 Å². The molecule has 1 saturated carbocycles. The molecule has 6 heteroatoms. The molecular weight excluding hydrogens is 260 g/mol. The maximum Gasteiger partial charge on any atom is 0.311 e. The van der Waals surface area contributed by atoms with Gasteiger partial charge >= 0.3 is 5.97 Å². The van der Waals surface area contributed by atoms with Gasteiger partial charge in [-0.25, -0.2) is 0 Å². The number of carboxylic acids is 1. The SMILES string of the molecule is Cc1cnoc1C(=O)NCC1(C(=O)O)CCCCCC1. The number of amides is 1. The maximum atomic E-state index is 12.0. The van der Waals surface area contributed by atoms with Crippen LogP contribution in [-0.4, -0.2) is 28.7 Å². The number of carbonyl (C=O) groups is 2. The summed E-state index contributed by atoms with van der Waals surface area (Å²) in [5.41, 5.74) is -0.201. The molecule has 2 rings (SSSR count). The fraction of sp³-hybridized carbons (Fsp3) is 0.643. The zero-order valence-corrected chi connectivity index (χ0v) is 11.6. The van der Waals surface area contributed by atoms with Crippen molar-refractivity contribution < 1.29 is 19.2 Å². The lowest BCUT2D eigenvalue weighted by molar-refractivity contribution is -0.149. The van der Waals surface area contributed by atoms with Gasteiger partial charge in [0, 0.05) is 12.1 Å². The first kappa shape index (κ1) is 14.6. The molecule has 110 valence electrons. The summed E-state index contributed by atoms with van der Waals surface area (Å²) in [7, 11) is 0. The lowest BCUT2D eigenvalue weighted by atomic mass is 9.80. The summed E-state index contributed by atoms with van der Waals surface area (Å²) >= 11 is 0. The van der Waals surface area contributed by atoms with Crippen molar-refractivity contribution >= 4 is 11.9 Å². The van der Waals surface area contributed by atoms with E-state index in [0.717, 1.165) is 25.7 Å². The van der Waals surface area contributed by atoms with Crippen LogP contribution in [0.5, 0.6) is 0 Å². The molecule has 0 unspecified atom stereocenters. The topological polar surface area (TPSA) is 92.4 Å². The first-order chi connectivity index (χ1) is 9.55. The highest BCUT2D eigenvalue weighted by Gasteiger charge is 2.39. The van der Waals surface area contributed by atoms with E-state index in [1.165, 1.54) is 6.20 Å². The van der Waals surface area contributed by atoms with E-state index in [9.17, 15) is 14.7 Å². The lowest BCUT2D eigenvalue weighted by Gasteiger charge is -2.28. The normalized spacial score (nSPS) is 18.2. The first-order valence-electron chi connectivity index (χ1n) is 6.98. The minimum absolute atomic E-state index is 0.140. The molecule has 1 fully saturated rings. The van der Waals surface area contributed by atoms with Crippen LogP contribution in [0.15, 0.2) is 10.7 Å². The van der Waals surface area contributed by atoms with E-state index < -0.39 is 17.3 Å². The second-order valence-electron chi connectivity index (χ2n) is 5.52. The Morgan fingerprint density at radius 3 is 2.50 bits per heavy atom. The summed E-state index contributed by atoms with van der Waals surface area (Å²) in [6.07, 6.45) is 6.59. The average Bonchev–Trinajstić information content (AvgIpc) is 2.71. The van der Waals surface area contributed by atoms with E-state index in [0.29, 0.717) is 18.4 Å². The largest absolute Gasteiger partial charge is 0.481 e. The third-order valence-electron chi connectivity index (χ3n) is 4.06. The molecule has 2 N–H and O–H groups in total. The van der Waals surface area contributed by atoms with Gasteiger partial charge in [0.05, 0.1) is 11.6 Å². The Morgan fingerprint density at radius 1 is 1.35 bits per heavy atom. The van der Waals surface area contributed by atoms with Crippen molar-refractivity contribution in [2.45, 2.75) is 45.4 Å². The molecule has 0 saturated heterocycles. The van der Waals surface area contributed by atoms with Crippen LogP contribution < -0.4 is 5.32 Å². The van der Waals surface area contributed by atoms with Crippen molar-refractivity contribution in [3.05, 3.63) is 17.5 Å². The van der Waals surface area contributed by atoms with Crippen LogP contribution in [0.2, 0.25) is 0 Å². The number of carboxylic acid groups (broad SMARTS) is 1. The zero-order valence-electron chi connectivity index (χ0n) is 11.6. The molecule has 6 nitrogen and oxygen atoms in total. The second-order valence-corrected chi connectivity index (χ2v) is 5.52. The van der Waals surface area contributed by atoms with Gasteiger partial charge in [-0.2, -0.15) is 0 Å². The molecular formula is C14H20N2O4. The predicted molar refractivity (Wildman–Crippen MR) is 71.3 cm³/mol. The summed E-state index contributed by atoms with van der Waals surface area (Å²) in [5, 5.41) is 15.8. The van der Waals surface area contributed by atoms with Crippen LogP contribution in [0, 0.1) is 12.3 Å². The smallest absolute Gasteiger partial charge is 0.311 e. The molecule has 20 heavy (non-hydrogen) atoms. The molecule has 0 bridgehead atoms. The van der Waals surface area contributed by atoms with Crippen LogP contribution in [0.3, 0.4) is 0 Å². The monoisotopic (exact) mass is 280 g/mol. The van der Waals surface area contributed by atoms with Gasteiger partial charge < -0.3 is 14.9 Å². The molecule has 1 aromatic rings. The van der Waals surface area contributed by atoms with Crippen LogP contribution in [0.4, 0.5) is 0 Å². The summed E-state index contributed by atoms with van der Waals surface area (Å²) in [6.45, 7) is 1.87. The molecule has 0 radical (unpaired) electrons. The predicted octanol–water partition coefficient (Wildman–Crippen LogP) is 2.14. The minimum Gasteiger partial charge on any atom is -0.481 e. The number of hydrogen-bond acceptors (Lipinski definition) is 4. The number of carbonyl (C=O) groups excluding carboxylic acids is 1. The van der Waals surface area contributed by atoms with Crippen molar-refractivity contribution in [2.75, 3.05) is 6.54 Å². The Bertz CT molecular complexity index is 487. The quantitative estimate of drug-likeness (QED) is 0.824. The first-order valence-corrected chi connectivity index (χ1v) is 6.98. The number of rotatable bonds is 4. The fourth-order valence-corrected chi connectivity index (χ4v) is 2.71. The Balaban J connectivity index is 2.04. The Labute approximate surface area is 117 Å². The van der Waals surface area contributed by atoms with Gasteiger partial charge in [-0.15, -0.1) is 0 Å². The van der Waals surface area contributed by atoms with Gasteiger partial charge in [0.25, 0.3) is 5.91 Å². The van der Waals surface area contributed by atoms with Crippen LogP contribution >= 0.6 is 0 Å². The average molecular weight is 280 g/mol. The summed E-state index contributed by atoms with van der Waals surface area (Å²) in [6, 6.07) is 0. The third kappa shape index (κ3) is 3.00. The van der Waals surface area contributed by atoms with Gasteiger partial charge in [-0.05, 0) is 19.8 Å². The van der Waals surface area contributed by atoms with Crippen molar-refractivity contribution in [3.63, 3.8) is 0 Å². The Hall–Kier alpha value is -1.85. The highest BCUT2D eigenvalue weighted by Crippen LogP contribution is 2.34. The molecule has 0 atom stereocenters. The maximum absolute atomic E-state index is 12.0. The number of aryl methyl sites for hydroxylation is 1. The lowest BCUT2D eigenvalue weighted by Crippen LogP contribution is -2.43. The molecule has 0 spiro atoms. The van der Waals surface area contributed by atoms with Crippen molar-refractivity contribution in [3.8, 4) is 0 Å². The molecule has 0 aromatic carbocycles. The summed E-state index contributed by atoms with van der Waals surface area (Å²) in [5.74, 6) is -1.07. The van der Waals surface area contributed by atoms with Crippen LogP contribution in [-0.2, 0) is 4.79 Å². The molecule has 1 heterocycles. The van der Waals surface area contributed by atoms with Gasteiger partial charge in [0.1, 0.15) is 0 Å². The van der Waals surface area contributed by atoms with Crippen molar-refractivity contribution in [2.24, 2.45) is 5.41 Å². The van der Waals surface area contributed by atoms with E-state index in [1.54, 1.807) is 6.92 Å². The van der Waals surface area contributed by atoms with Gasteiger partial charge in [0.2, 0.25) is 5.76 Å². The highest BCUT2D eigenvalue weighted by atomic mass is 16.5. The second kappa shape index (κ2) is 6.07. The van der Waals surface area contributed by atoms with E-state index in [-0.39, 0.29) is 12.3 Å². The van der Waals surface area contributed by atoms with E-state index in [4.69, 9.17) is 4.52 Å². The number of nitrogens with zero attached hydrogens (tertiary/aromatic N) is 1. The molecule has 1 aliphatic carbocycles. The molecule has 1 aliphatic rings. The number of aliphatic carboxylic acids is 1. The third-order valence-corrected chi connectivity index (χ3v) is 4.06. The Kier molecular flexibility index (Phi) is 4.42. The van der Waals surface area contributed by atoms with Gasteiger partial charge in [0.15, 0.2) is 0 Å². The molecule has 1 aromatic heterocycles. The fourth-order valence-electron chi connectivity index (χ4n) is 2.71.